The van der Waals surface area contributed by atoms with Gasteiger partial charge in [0.05, 0.1) is 0 Å². The summed E-state index contributed by atoms with van der Waals surface area (Å²) < 4.78 is 0. The highest BCUT2D eigenvalue weighted by atomic mass is 16.1. The zero-order valence-corrected chi connectivity index (χ0v) is 8.18. The summed E-state index contributed by atoms with van der Waals surface area (Å²) in [5, 5.41) is 0. The monoisotopic (exact) mass is 176 g/mol. The number of carbonyl (C=O) groups excluding carboxylic acids is 1. The summed E-state index contributed by atoms with van der Waals surface area (Å²) in [5.41, 5.74) is 1.01. The third kappa shape index (κ3) is 3.06. The Kier molecular flexibility index (Phi) is 3.76. The Morgan fingerprint density at radius 1 is 1.77 bits per heavy atom. The highest BCUT2D eigenvalue weighted by Crippen LogP contribution is 2.24. The number of hydrogen-bond acceptors (Lipinski definition) is 1. The fraction of sp³-hybridized carbons (Fsp3) is 0.583. The van der Waals surface area contributed by atoms with Crippen LogP contribution in [0.15, 0.2) is 11.6 Å². The van der Waals surface area contributed by atoms with Crippen LogP contribution in [0.5, 0.6) is 0 Å². The molecule has 0 bridgehead atoms. The topological polar surface area (TPSA) is 17.1 Å². The first-order valence-electron chi connectivity index (χ1n) is 4.89. The molecule has 1 aliphatic rings. The fourth-order valence-corrected chi connectivity index (χ4v) is 1.56. The molecule has 1 nitrogen and oxygen atoms in total. The quantitative estimate of drug-likeness (QED) is 0.604. The number of ketones is 1. The van der Waals surface area contributed by atoms with Crippen LogP contribution in [0, 0.1) is 18.3 Å². The molecule has 0 saturated carbocycles. The summed E-state index contributed by atoms with van der Waals surface area (Å²) >= 11 is 0. The molecule has 70 valence electrons. The van der Waals surface area contributed by atoms with Crippen molar-refractivity contribution in [1.82, 2.24) is 0 Å². The minimum atomic E-state index is 0.254. The van der Waals surface area contributed by atoms with Gasteiger partial charge in [0.1, 0.15) is 0 Å². The van der Waals surface area contributed by atoms with E-state index in [-0.39, 0.29) is 5.78 Å². The highest BCUT2D eigenvalue weighted by molar-refractivity contribution is 5.95. The minimum Gasteiger partial charge on any atom is -0.295 e. The van der Waals surface area contributed by atoms with Crippen LogP contribution in [0.3, 0.4) is 0 Å². The van der Waals surface area contributed by atoms with Gasteiger partial charge >= 0.3 is 0 Å². The van der Waals surface area contributed by atoms with Gasteiger partial charge in [-0.2, -0.15) is 0 Å². The number of Topliss-reactive ketones (excluding diaryl/α,β-unsaturated/α-hetero) is 1. The van der Waals surface area contributed by atoms with Crippen molar-refractivity contribution in [3.05, 3.63) is 11.6 Å². The van der Waals surface area contributed by atoms with Gasteiger partial charge in [0.15, 0.2) is 5.78 Å². The lowest BCUT2D eigenvalue weighted by Crippen LogP contribution is -2.09. The molecule has 1 unspecified atom stereocenters. The van der Waals surface area contributed by atoms with E-state index in [0.29, 0.717) is 12.8 Å². The first-order chi connectivity index (χ1) is 6.24. The molecule has 0 N–H and O–H groups in total. The molecule has 1 heteroatoms. The molecule has 0 radical (unpaired) electrons. The molecule has 0 aromatic heterocycles. The van der Waals surface area contributed by atoms with E-state index in [0.717, 1.165) is 30.8 Å². The molecule has 0 saturated heterocycles. The molecule has 0 aromatic carbocycles. The van der Waals surface area contributed by atoms with Gasteiger partial charge in [-0.3, -0.25) is 4.79 Å². The van der Waals surface area contributed by atoms with Gasteiger partial charge < -0.3 is 0 Å². The molecule has 0 amide bonds. The summed E-state index contributed by atoms with van der Waals surface area (Å²) in [6.45, 7) is 2.22. The van der Waals surface area contributed by atoms with E-state index in [1.807, 2.05) is 0 Å². The maximum absolute atomic E-state index is 11.5. The number of rotatable bonds is 3. The molecule has 0 aromatic rings. The predicted octanol–water partition coefficient (Wildman–Crippen LogP) is 2.72. The largest absolute Gasteiger partial charge is 0.295 e. The zero-order valence-electron chi connectivity index (χ0n) is 8.18. The Hall–Kier alpha value is -1.03. The van der Waals surface area contributed by atoms with Crippen LogP contribution in [-0.4, -0.2) is 5.78 Å². The molecule has 0 heterocycles. The van der Waals surface area contributed by atoms with E-state index >= 15 is 0 Å². The van der Waals surface area contributed by atoms with Crippen LogP contribution in [0.2, 0.25) is 0 Å². The Balaban J connectivity index is 2.44. The van der Waals surface area contributed by atoms with Crippen LogP contribution in [0.1, 0.15) is 39.0 Å². The highest BCUT2D eigenvalue weighted by Gasteiger charge is 2.14. The lowest BCUT2D eigenvalue weighted by atomic mass is 9.88. The van der Waals surface area contributed by atoms with Crippen molar-refractivity contribution in [2.24, 2.45) is 5.92 Å². The van der Waals surface area contributed by atoms with Gasteiger partial charge in [0, 0.05) is 12.8 Å². The Bertz CT molecular complexity index is 255. The average molecular weight is 176 g/mol. The zero-order chi connectivity index (χ0) is 9.68. The second kappa shape index (κ2) is 4.87. The third-order valence-electron chi connectivity index (χ3n) is 2.53. The van der Waals surface area contributed by atoms with Crippen LogP contribution in [-0.2, 0) is 4.79 Å². The van der Waals surface area contributed by atoms with E-state index in [2.05, 4.69) is 18.9 Å². The van der Waals surface area contributed by atoms with E-state index < -0.39 is 0 Å². The Morgan fingerprint density at radius 2 is 2.54 bits per heavy atom. The third-order valence-corrected chi connectivity index (χ3v) is 2.53. The number of carbonyl (C=O) groups is 1. The second-order valence-electron chi connectivity index (χ2n) is 3.74. The van der Waals surface area contributed by atoms with Crippen molar-refractivity contribution >= 4 is 5.78 Å². The number of hydrogen-bond donors (Lipinski definition) is 0. The van der Waals surface area contributed by atoms with Gasteiger partial charge in [0.25, 0.3) is 0 Å². The minimum absolute atomic E-state index is 0.254. The second-order valence-corrected chi connectivity index (χ2v) is 3.74. The standard InChI is InChI=1S/C12H16O/c1-3-4-5-12(13)11-8-6-10(2)7-9-11/h1,8,10H,4-7,9H2,2H3. The molecule has 1 aliphatic carbocycles. The Morgan fingerprint density at radius 3 is 3.08 bits per heavy atom. The van der Waals surface area contributed by atoms with E-state index in [4.69, 9.17) is 6.42 Å². The Labute approximate surface area is 80.2 Å². The van der Waals surface area contributed by atoms with Crippen LogP contribution < -0.4 is 0 Å². The smallest absolute Gasteiger partial charge is 0.159 e. The number of terminal acetylenes is 1. The molecule has 0 spiro atoms. The van der Waals surface area contributed by atoms with Crippen LogP contribution in [0.4, 0.5) is 0 Å². The summed E-state index contributed by atoms with van der Waals surface area (Å²) in [4.78, 5) is 11.5. The van der Waals surface area contributed by atoms with Crippen LogP contribution >= 0.6 is 0 Å². The summed E-state index contributed by atoms with van der Waals surface area (Å²) in [6, 6.07) is 0. The predicted molar refractivity (Wildman–Crippen MR) is 54.2 cm³/mol. The van der Waals surface area contributed by atoms with Crippen LogP contribution in [0.25, 0.3) is 0 Å². The normalized spacial score (nSPS) is 21.8. The maximum Gasteiger partial charge on any atom is 0.159 e. The van der Waals surface area contributed by atoms with E-state index in [1.54, 1.807) is 0 Å². The van der Waals surface area contributed by atoms with Crippen molar-refractivity contribution in [2.75, 3.05) is 0 Å². The lowest BCUT2D eigenvalue weighted by Gasteiger charge is -2.16. The summed E-state index contributed by atoms with van der Waals surface area (Å²) in [6.07, 6.45) is 11.4. The van der Waals surface area contributed by atoms with Crippen molar-refractivity contribution in [1.29, 1.82) is 0 Å². The molecule has 13 heavy (non-hydrogen) atoms. The van der Waals surface area contributed by atoms with Crippen molar-refractivity contribution in [3.63, 3.8) is 0 Å². The molecule has 1 atom stereocenters. The van der Waals surface area contributed by atoms with Crippen molar-refractivity contribution in [2.45, 2.75) is 39.0 Å². The summed E-state index contributed by atoms with van der Waals surface area (Å²) in [7, 11) is 0. The van der Waals surface area contributed by atoms with E-state index in [9.17, 15) is 4.79 Å². The number of allylic oxidation sites excluding steroid dienone is 2. The molecular weight excluding hydrogens is 160 g/mol. The maximum atomic E-state index is 11.5. The molecule has 0 fully saturated rings. The molecule has 1 rings (SSSR count). The first kappa shape index (κ1) is 10.1. The van der Waals surface area contributed by atoms with Crippen molar-refractivity contribution < 1.29 is 4.79 Å². The van der Waals surface area contributed by atoms with Gasteiger partial charge in [-0.1, -0.05) is 13.0 Å². The van der Waals surface area contributed by atoms with Gasteiger partial charge in [-0.05, 0) is 30.8 Å². The van der Waals surface area contributed by atoms with Gasteiger partial charge in [-0.15, -0.1) is 12.3 Å². The lowest BCUT2D eigenvalue weighted by molar-refractivity contribution is -0.115. The molecule has 0 aliphatic heterocycles. The SMILES string of the molecule is C#CCCC(=O)C1=CCC(C)CC1. The van der Waals surface area contributed by atoms with Crippen molar-refractivity contribution in [3.8, 4) is 12.3 Å². The summed E-state index contributed by atoms with van der Waals surface area (Å²) in [5.74, 6) is 3.49. The van der Waals surface area contributed by atoms with E-state index in [1.165, 1.54) is 0 Å². The van der Waals surface area contributed by atoms with Gasteiger partial charge in [0.2, 0.25) is 0 Å². The fourth-order valence-electron chi connectivity index (χ4n) is 1.56. The average Bonchev–Trinajstić information content (AvgIpc) is 2.15. The first-order valence-corrected chi connectivity index (χ1v) is 4.89. The molecular formula is C12H16O. The van der Waals surface area contributed by atoms with Gasteiger partial charge in [-0.25, -0.2) is 0 Å².